The lowest BCUT2D eigenvalue weighted by atomic mass is 10.3. The van der Waals surface area contributed by atoms with Crippen LogP contribution in [0.2, 0.25) is 0 Å². The first-order valence-electron chi connectivity index (χ1n) is 5.65. The minimum absolute atomic E-state index is 0.0114. The van der Waals surface area contributed by atoms with Gasteiger partial charge in [0.2, 0.25) is 0 Å². The molecule has 110 valence electrons. The van der Waals surface area contributed by atoms with Crippen molar-refractivity contribution in [2.75, 3.05) is 5.32 Å². The Morgan fingerprint density at radius 2 is 1.81 bits per heavy atom. The Labute approximate surface area is 121 Å². The lowest BCUT2D eigenvalue weighted by Gasteiger charge is -2.10. The molecule has 2 N–H and O–H groups in total. The number of carboxylic acid groups (broad SMARTS) is 1. The normalized spacial score (nSPS) is 10.4. The standard InChI is InChI=1S/C13H9F2NO4S/c14-13(15)20-8-4-2-1-3-7(8)16-11(17)9-5-6-10(21-9)12(18)19/h1-6,13H,(H,16,17)(H,18,19). The Morgan fingerprint density at radius 3 is 2.43 bits per heavy atom. The van der Waals surface area contributed by atoms with Gasteiger partial charge in [-0.25, -0.2) is 4.79 Å². The van der Waals surface area contributed by atoms with E-state index < -0.39 is 18.5 Å². The van der Waals surface area contributed by atoms with Gasteiger partial charge >= 0.3 is 12.6 Å². The second kappa shape index (κ2) is 6.31. The largest absolute Gasteiger partial charge is 0.477 e. The molecule has 0 atom stereocenters. The first kappa shape index (κ1) is 14.9. The van der Waals surface area contributed by atoms with Crippen LogP contribution >= 0.6 is 11.3 Å². The number of carboxylic acids is 1. The number of amides is 1. The van der Waals surface area contributed by atoms with Crippen LogP contribution in [0.3, 0.4) is 0 Å². The molecule has 21 heavy (non-hydrogen) atoms. The van der Waals surface area contributed by atoms with E-state index in [1.807, 2.05) is 0 Å². The average molecular weight is 313 g/mol. The van der Waals surface area contributed by atoms with Crippen LogP contribution < -0.4 is 10.1 Å². The van der Waals surface area contributed by atoms with Crippen molar-refractivity contribution in [3.63, 3.8) is 0 Å². The van der Waals surface area contributed by atoms with Crippen molar-refractivity contribution in [1.82, 2.24) is 0 Å². The van der Waals surface area contributed by atoms with E-state index in [0.717, 1.165) is 11.3 Å². The quantitative estimate of drug-likeness (QED) is 0.888. The van der Waals surface area contributed by atoms with Crippen molar-refractivity contribution in [2.45, 2.75) is 6.61 Å². The van der Waals surface area contributed by atoms with E-state index in [-0.39, 0.29) is 21.2 Å². The third-order valence-electron chi connectivity index (χ3n) is 2.39. The second-order valence-electron chi connectivity index (χ2n) is 3.80. The fraction of sp³-hybridized carbons (Fsp3) is 0.0769. The number of ether oxygens (including phenoxy) is 1. The summed E-state index contributed by atoms with van der Waals surface area (Å²) >= 11 is 0.788. The molecule has 1 aromatic carbocycles. The molecule has 0 bridgehead atoms. The van der Waals surface area contributed by atoms with Crippen molar-refractivity contribution in [2.24, 2.45) is 0 Å². The van der Waals surface area contributed by atoms with Gasteiger partial charge in [-0.15, -0.1) is 11.3 Å². The van der Waals surface area contributed by atoms with E-state index >= 15 is 0 Å². The third-order valence-corrected chi connectivity index (χ3v) is 3.46. The summed E-state index contributed by atoms with van der Waals surface area (Å²) in [6.45, 7) is -3.01. The van der Waals surface area contributed by atoms with Crippen LogP contribution in [0.15, 0.2) is 36.4 Å². The summed E-state index contributed by atoms with van der Waals surface area (Å²) in [6, 6.07) is 8.37. The number of thiophene rings is 1. The van der Waals surface area contributed by atoms with E-state index in [1.54, 1.807) is 6.07 Å². The maximum atomic E-state index is 12.3. The number of aromatic carboxylic acids is 1. The van der Waals surface area contributed by atoms with Crippen molar-refractivity contribution < 1.29 is 28.2 Å². The van der Waals surface area contributed by atoms with Gasteiger partial charge in [0, 0.05) is 0 Å². The second-order valence-corrected chi connectivity index (χ2v) is 4.88. The zero-order valence-corrected chi connectivity index (χ0v) is 11.2. The molecule has 0 aliphatic carbocycles. The molecule has 0 saturated heterocycles. The van der Waals surface area contributed by atoms with E-state index in [0.29, 0.717) is 0 Å². The van der Waals surface area contributed by atoms with Crippen molar-refractivity contribution in [1.29, 1.82) is 0 Å². The number of carbonyl (C=O) groups excluding carboxylic acids is 1. The molecule has 2 aromatic rings. The molecule has 0 aliphatic heterocycles. The maximum Gasteiger partial charge on any atom is 0.387 e. The van der Waals surface area contributed by atoms with E-state index in [1.165, 1.54) is 30.3 Å². The summed E-state index contributed by atoms with van der Waals surface area (Å²) < 4.78 is 28.8. The van der Waals surface area contributed by atoms with Gasteiger partial charge in [-0.05, 0) is 24.3 Å². The maximum absolute atomic E-state index is 12.3. The minimum Gasteiger partial charge on any atom is -0.477 e. The highest BCUT2D eigenvalue weighted by Crippen LogP contribution is 2.27. The summed E-state index contributed by atoms with van der Waals surface area (Å²) in [5.41, 5.74) is 0.0769. The lowest BCUT2D eigenvalue weighted by Crippen LogP contribution is -2.12. The zero-order chi connectivity index (χ0) is 15.4. The molecule has 2 rings (SSSR count). The van der Waals surface area contributed by atoms with E-state index in [9.17, 15) is 18.4 Å². The monoisotopic (exact) mass is 313 g/mol. The first-order valence-corrected chi connectivity index (χ1v) is 6.47. The molecular formula is C13H9F2NO4S. The van der Waals surface area contributed by atoms with E-state index in [2.05, 4.69) is 10.1 Å². The average Bonchev–Trinajstić information content (AvgIpc) is 2.90. The summed E-state index contributed by atoms with van der Waals surface area (Å²) in [4.78, 5) is 22.9. The highest BCUT2D eigenvalue weighted by atomic mass is 32.1. The number of carbonyl (C=O) groups is 2. The summed E-state index contributed by atoms with van der Waals surface area (Å²) in [5, 5.41) is 11.2. The molecule has 1 heterocycles. The summed E-state index contributed by atoms with van der Waals surface area (Å²) in [6.07, 6.45) is 0. The Bertz CT molecular complexity index is 672. The molecule has 1 amide bonds. The molecule has 0 fully saturated rings. The Balaban J connectivity index is 2.17. The van der Waals surface area contributed by atoms with Crippen LogP contribution in [-0.4, -0.2) is 23.6 Å². The van der Waals surface area contributed by atoms with Crippen LogP contribution in [0, 0.1) is 0 Å². The van der Waals surface area contributed by atoms with Gasteiger partial charge in [0.15, 0.2) is 0 Å². The fourth-order valence-electron chi connectivity index (χ4n) is 1.53. The molecule has 5 nitrogen and oxygen atoms in total. The smallest absolute Gasteiger partial charge is 0.387 e. The van der Waals surface area contributed by atoms with Gasteiger partial charge < -0.3 is 15.2 Å². The third kappa shape index (κ3) is 3.76. The van der Waals surface area contributed by atoms with Gasteiger partial charge in [-0.1, -0.05) is 12.1 Å². The number of rotatable bonds is 5. The molecule has 0 saturated carbocycles. The van der Waals surface area contributed by atoms with Gasteiger partial charge in [-0.3, -0.25) is 4.79 Å². The van der Waals surface area contributed by atoms with Crippen molar-refractivity contribution in [3.8, 4) is 5.75 Å². The van der Waals surface area contributed by atoms with Crippen molar-refractivity contribution >= 4 is 28.9 Å². The number of para-hydroxylation sites is 2. The van der Waals surface area contributed by atoms with Gasteiger partial charge in [0.1, 0.15) is 10.6 Å². The number of benzene rings is 1. The molecule has 8 heteroatoms. The van der Waals surface area contributed by atoms with Gasteiger partial charge in [-0.2, -0.15) is 8.78 Å². The zero-order valence-electron chi connectivity index (χ0n) is 10.4. The minimum atomic E-state index is -3.01. The molecule has 1 aromatic heterocycles. The first-order chi connectivity index (χ1) is 9.97. The lowest BCUT2D eigenvalue weighted by molar-refractivity contribution is -0.0493. The molecule has 0 aliphatic rings. The number of hydrogen-bond donors (Lipinski definition) is 2. The van der Waals surface area contributed by atoms with Crippen LogP contribution in [0.5, 0.6) is 5.75 Å². The fourth-order valence-corrected chi connectivity index (χ4v) is 2.27. The Hall–Kier alpha value is -2.48. The highest BCUT2D eigenvalue weighted by Gasteiger charge is 2.15. The highest BCUT2D eigenvalue weighted by molar-refractivity contribution is 7.15. The number of nitrogens with one attached hydrogen (secondary N) is 1. The predicted molar refractivity (Wildman–Crippen MR) is 72.3 cm³/mol. The van der Waals surface area contributed by atoms with Gasteiger partial charge in [0.05, 0.1) is 10.6 Å². The van der Waals surface area contributed by atoms with Crippen LogP contribution in [0.4, 0.5) is 14.5 Å². The van der Waals surface area contributed by atoms with Crippen LogP contribution in [0.1, 0.15) is 19.3 Å². The molecular weight excluding hydrogens is 304 g/mol. The topological polar surface area (TPSA) is 75.6 Å². The number of halogens is 2. The molecule has 0 spiro atoms. The molecule has 0 radical (unpaired) electrons. The summed E-state index contributed by atoms with van der Waals surface area (Å²) in [7, 11) is 0. The predicted octanol–water partition coefficient (Wildman–Crippen LogP) is 3.30. The number of anilines is 1. The van der Waals surface area contributed by atoms with Crippen LogP contribution in [-0.2, 0) is 0 Å². The summed E-state index contributed by atoms with van der Waals surface area (Å²) in [5.74, 6) is -1.91. The van der Waals surface area contributed by atoms with E-state index in [4.69, 9.17) is 5.11 Å². The SMILES string of the molecule is O=C(O)c1ccc(C(=O)Nc2ccccc2OC(F)F)s1. The number of hydrogen-bond acceptors (Lipinski definition) is 4. The Morgan fingerprint density at radius 1 is 1.14 bits per heavy atom. The Kier molecular flexibility index (Phi) is 4.49. The van der Waals surface area contributed by atoms with Crippen LogP contribution in [0.25, 0.3) is 0 Å². The number of alkyl halides is 2. The molecule has 0 unspecified atom stereocenters. The van der Waals surface area contributed by atoms with Gasteiger partial charge in [0.25, 0.3) is 5.91 Å². The van der Waals surface area contributed by atoms with Crippen molar-refractivity contribution in [3.05, 3.63) is 46.2 Å².